The van der Waals surface area contributed by atoms with Gasteiger partial charge in [-0.05, 0) is 47.2 Å². The van der Waals surface area contributed by atoms with Gasteiger partial charge in [0.15, 0.2) is 12.5 Å². The van der Waals surface area contributed by atoms with E-state index in [1.165, 1.54) is 0 Å². The van der Waals surface area contributed by atoms with Crippen molar-refractivity contribution in [3.8, 4) is 11.5 Å². The van der Waals surface area contributed by atoms with Crippen LogP contribution < -0.4 is 20.9 Å². The number of rotatable bonds is 16. The van der Waals surface area contributed by atoms with Crippen molar-refractivity contribution >= 4 is 11.9 Å². The Morgan fingerprint density at radius 2 is 0.913 bits per heavy atom. The second-order valence-electron chi connectivity index (χ2n) is 10.6. The van der Waals surface area contributed by atoms with Crippen molar-refractivity contribution in [3.63, 3.8) is 0 Å². The Labute approximate surface area is 270 Å². The first-order valence-corrected chi connectivity index (χ1v) is 15.1. The SMILES string of the molecule is C=CCc1ccccc1OC(CC(N)OC(=O)C(=O)OC(N)CC(Oc1ccccc1CC=C)c1ccccc1)c1ccccc1. The van der Waals surface area contributed by atoms with Gasteiger partial charge in [0.1, 0.15) is 23.7 Å². The van der Waals surface area contributed by atoms with Crippen molar-refractivity contribution in [1.29, 1.82) is 0 Å². The molecule has 0 spiro atoms. The molecule has 0 fully saturated rings. The lowest BCUT2D eigenvalue weighted by Gasteiger charge is -2.25. The van der Waals surface area contributed by atoms with Crippen LogP contribution in [0.3, 0.4) is 0 Å². The number of carbonyl (C=O) groups is 2. The molecule has 0 aliphatic rings. The summed E-state index contributed by atoms with van der Waals surface area (Å²) in [6.07, 6.45) is 1.48. The highest BCUT2D eigenvalue weighted by molar-refractivity contribution is 6.29. The quantitative estimate of drug-likeness (QED) is 0.0628. The van der Waals surface area contributed by atoms with Crippen molar-refractivity contribution in [1.82, 2.24) is 0 Å². The summed E-state index contributed by atoms with van der Waals surface area (Å²) in [5.41, 5.74) is 16.0. The van der Waals surface area contributed by atoms with Crippen LogP contribution in [0, 0.1) is 0 Å². The first-order chi connectivity index (χ1) is 22.4. The summed E-state index contributed by atoms with van der Waals surface area (Å²) < 4.78 is 23.3. The predicted octanol–water partition coefficient (Wildman–Crippen LogP) is 6.52. The molecule has 8 nitrogen and oxygen atoms in total. The average Bonchev–Trinajstić information content (AvgIpc) is 3.06. The molecule has 0 radical (unpaired) electrons. The zero-order chi connectivity index (χ0) is 32.7. The molecule has 46 heavy (non-hydrogen) atoms. The van der Waals surface area contributed by atoms with Crippen LogP contribution in [0.1, 0.15) is 47.3 Å². The molecule has 4 atom stereocenters. The second-order valence-corrected chi connectivity index (χ2v) is 10.6. The minimum atomic E-state index is -1.25. The van der Waals surface area contributed by atoms with E-state index < -0.39 is 36.6 Å². The smallest absolute Gasteiger partial charge is 0.419 e. The van der Waals surface area contributed by atoms with Gasteiger partial charge in [-0.25, -0.2) is 9.59 Å². The topological polar surface area (TPSA) is 123 Å². The Kier molecular flexibility index (Phi) is 12.7. The number of hydrogen-bond acceptors (Lipinski definition) is 8. The van der Waals surface area contributed by atoms with E-state index in [1.54, 1.807) is 12.2 Å². The summed E-state index contributed by atoms with van der Waals surface area (Å²) in [5, 5.41) is 0. The van der Waals surface area contributed by atoms with Crippen molar-refractivity contribution in [2.45, 2.75) is 50.3 Å². The van der Waals surface area contributed by atoms with E-state index in [-0.39, 0.29) is 12.8 Å². The largest absolute Gasteiger partial charge is 0.485 e. The van der Waals surface area contributed by atoms with E-state index in [2.05, 4.69) is 13.2 Å². The van der Waals surface area contributed by atoms with Gasteiger partial charge in [-0.15, -0.1) is 13.2 Å². The van der Waals surface area contributed by atoms with E-state index in [0.717, 1.165) is 22.3 Å². The van der Waals surface area contributed by atoms with Gasteiger partial charge in [-0.1, -0.05) is 109 Å². The lowest BCUT2D eigenvalue weighted by molar-refractivity contribution is -0.175. The molecule has 0 heterocycles. The van der Waals surface area contributed by atoms with Crippen LogP contribution in [-0.4, -0.2) is 24.4 Å². The molecule has 0 bridgehead atoms. The molecule has 0 aliphatic carbocycles. The third kappa shape index (κ3) is 9.92. The number of carbonyl (C=O) groups excluding carboxylic acids is 2. The lowest BCUT2D eigenvalue weighted by Crippen LogP contribution is -2.37. The van der Waals surface area contributed by atoms with E-state index in [0.29, 0.717) is 24.3 Å². The summed E-state index contributed by atoms with van der Waals surface area (Å²) in [5.74, 6) is -1.20. The Morgan fingerprint density at radius 3 is 1.28 bits per heavy atom. The van der Waals surface area contributed by atoms with Gasteiger partial charge in [0.25, 0.3) is 0 Å². The molecular weight excluding hydrogens is 580 g/mol. The van der Waals surface area contributed by atoms with E-state index in [9.17, 15) is 9.59 Å². The molecule has 4 N–H and O–H groups in total. The van der Waals surface area contributed by atoms with Crippen LogP contribution in [-0.2, 0) is 31.9 Å². The van der Waals surface area contributed by atoms with Gasteiger partial charge in [0, 0.05) is 12.8 Å². The van der Waals surface area contributed by atoms with Gasteiger partial charge < -0.3 is 18.9 Å². The fourth-order valence-electron chi connectivity index (χ4n) is 4.92. The van der Waals surface area contributed by atoms with Crippen molar-refractivity contribution < 1.29 is 28.5 Å². The van der Waals surface area contributed by atoms with Crippen molar-refractivity contribution in [2.75, 3.05) is 0 Å². The highest BCUT2D eigenvalue weighted by Gasteiger charge is 2.28. The lowest BCUT2D eigenvalue weighted by atomic mass is 10.0. The molecule has 0 aromatic heterocycles. The Bertz CT molecular complexity index is 1460. The molecule has 4 aromatic rings. The highest BCUT2D eigenvalue weighted by atomic mass is 16.6. The van der Waals surface area contributed by atoms with Gasteiger partial charge >= 0.3 is 11.9 Å². The number of esters is 2. The molecule has 0 saturated heterocycles. The zero-order valence-electron chi connectivity index (χ0n) is 25.7. The Balaban J connectivity index is 1.39. The van der Waals surface area contributed by atoms with E-state index >= 15 is 0 Å². The summed E-state index contributed by atoms with van der Waals surface area (Å²) in [6, 6.07) is 34.1. The number of nitrogens with two attached hydrogens (primary N) is 2. The van der Waals surface area contributed by atoms with Crippen molar-refractivity contribution in [2.24, 2.45) is 11.5 Å². The monoisotopic (exact) mass is 620 g/mol. The maximum Gasteiger partial charge on any atom is 0.419 e. The summed E-state index contributed by atoms with van der Waals surface area (Å²) >= 11 is 0. The van der Waals surface area contributed by atoms with Crippen LogP contribution in [0.25, 0.3) is 0 Å². The zero-order valence-corrected chi connectivity index (χ0v) is 25.7. The Hall–Kier alpha value is -5.18. The summed E-state index contributed by atoms with van der Waals surface area (Å²) in [4.78, 5) is 25.5. The second kappa shape index (κ2) is 17.3. The first-order valence-electron chi connectivity index (χ1n) is 15.1. The standard InChI is InChI=1S/C38H40N2O6/c1-3-15-27-21-11-13-23-31(27)43-33(29-17-7-5-8-18-29)25-35(39)45-37(41)38(42)46-36(40)26-34(30-19-9-6-10-20-30)44-32-24-14-12-22-28(32)16-4-2/h3-14,17-24,33-36H,1-2,15-16,25-26,39-40H2. The van der Waals surface area contributed by atoms with E-state index in [4.69, 9.17) is 30.4 Å². The van der Waals surface area contributed by atoms with Crippen molar-refractivity contribution in [3.05, 3.63) is 157 Å². The minimum absolute atomic E-state index is 0.0749. The molecule has 0 amide bonds. The molecule has 4 aromatic carbocycles. The third-order valence-corrected chi connectivity index (χ3v) is 7.13. The number of benzene rings is 4. The average molecular weight is 621 g/mol. The number of allylic oxidation sites excluding steroid dienone is 2. The third-order valence-electron chi connectivity index (χ3n) is 7.13. The number of hydrogen-bond donors (Lipinski definition) is 2. The van der Waals surface area contributed by atoms with Crippen LogP contribution >= 0.6 is 0 Å². The predicted molar refractivity (Wildman–Crippen MR) is 178 cm³/mol. The molecule has 4 unspecified atom stereocenters. The minimum Gasteiger partial charge on any atom is -0.485 e. The molecular formula is C38H40N2O6. The normalized spacial score (nSPS) is 13.3. The Morgan fingerprint density at radius 1 is 0.565 bits per heavy atom. The van der Waals surface area contributed by atoms with Crippen LogP contribution in [0.4, 0.5) is 0 Å². The van der Waals surface area contributed by atoms with Crippen LogP contribution in [0.15, 0.2) is 135 Å². The number of ether oxygens (including phenoxy) is 4. The maximum atomic E-state index is 12.7. The highest BCUT2D eigenvalue weighted by Crippen LogP contribution is 2.30. The van der Waals surface area contributed by atoms with Gasteiger partial charge in [0.2, 0.25) is 0 Å². The fraction of sp³-hybridized carbons (Fsp3) is 0.211. The molecule has 0 aliphatic heterocycles. The van der Waals surface area contributed by atoms with E-state index in [1.807, 2.05) is 109 Å². The molecule has 0 saturated carbocycles. The first kappa shape index (κ1) is 33.7. The number of para-hydroxylation sites is 2. The molecule has 4 rings (SSSR count). The van der Waals surface area contributed by atoms with Gasteiger partial charge in [-0.2, -0.15) is 0 Å². The summed E-state index contributed by atoms with van der Waals surface area (Å²) in [7, 11) is 0. The molecule has 8 heteroatoms. The fourth-order valence-corrected chi connectivity index (χ4v) is 4.92. The maximum absolute atomic E-state index is 12.7. The van der Waals surface area contributed by atoms with Crippen LogP contribution in [0.2, 0.25) is 0 Å². The van der Waals surface area contributed by atoms with Crippen LogP contribution in [0.5, 0.6) is 11.5 Å². The summed E-state index contributed by atoms with van der Waals surface area (Å²) in [6.45, 7) is 7.63. The molecule has 238 valence electrons. The van der Waals surface area contributed by atoms with Gasteiger partial charge in [-0.3, -0.25) is 11.5 Å². The van der Waals surface area contributed by atoms with Gasteiger partial charge in [0.05, 0.1) is 0 Å².